The standard InChI is InChI=1S/C24H20N4OS/c25-16-19-10-4-5-11-20(19)26-23(29)17-30-24-27-21-12-6-7-13-22(21)28(24)15-14-18-8-2-1-3-9-18/h1-13H,14-15,17H2,(H,26,29). The van der Waals surface area contributed by atoms with Crippen molar-refractivity contribution < 1.29 is 4.79 Å². The van der Waals surface area contributed by atoms with Crippen molar-refractivity contribution in [2.75, 3.05) is 11.1 Å². The van der Waals surface area contributed by atoms with Gasteiger partial charge in [0.05, 0.1) is 28.0 Å². The summed E-state index contributed by atoms with van der Waals surface area (Å²) in [6.45, 7) is 0.783. The molecular formula is C24H20N4OS. The number of fused-ring (bicyclic) bond motifs is 1. The molecule has 0 bridgehead atoms. The second kappa shape index (κ2) is 9.29. The number of nitrogens with zero attached hydrogens (tertiary/aromatic N) is 3. The summed E-state index contributed by atoms with van der Waals surface area (Å²) in [5, 5.41) is 12.8. The number of hydrogen-bond acceptors (Lipinski definition) is 4. The van der Waals surface area contributed by atoms with Crippen molar-refractivity contribution in [3.63, 3.8) is 0 Å². The number of carbonyl (C=O) groups is 1. The molecule has 4 rings (SSSR count). The van der Waals surface area contributed by atoms with Gasteiger partial charge in [-0.25, -0.2) is 4.98 Å². The lowest BCUT2D eigenvalue weighted by Crippen LogP contribution is -2.15. The molecule has 0 unspecified atom stereocenters. The minimum Gasteiger partial charge on any atom is -0.324 e. The highest BCUT2D eigenvalue weighted by Gasteiger charge is 2.14. The Morgan fingerprint density at radius 1 is 1.00 bits per heavy atom. The molecule has 0 radical (unpaired) electrons. The topological polar surface area (TPSA) is 70.7 Å². The van der Waals surface area contributed by atoms with Crippen LogP contribution >= 0.6 is 11.8 Å². The maximum Gasteiger partial charge on any atom is 0.234 e. The highest BCUT2D eigenvalue weighted by atomic mass is 32.2. The van der Waals surface area contributed by atoms with E-state index in [1.54, 1.807) is 24.3 Å². The average molecular weight is 413 g/mol. The summed E-state index contributed by atoms with van der Waals surface area (Å²) in [5.41, 5.74) is 4.22. The Morgan fingerprint density at radius 2 is 1.73 bits per heavy atom. The van der Waals surface area contributed by atoms with Crippen LogP contribution in [0.5, 0.6) is 0 Å². The molecule has 148 valence electrons. The van der Waals surface area contributed by atoms with Gasteiger partial charge in [0.15, 0.2) is 5.16 Å². The smallest absolute Gasteiger partial charge is 0.234 e. The molecular weight excluding hydrogens is 392 g/mol. The summed E-state index contributed by atoms with van der Waals surface area (Å²) in [6.07, 6.45) is 0.885. The molecule has 0 aliphatic carbocycles. The van der Waals surface area contributed by atoms with Gasteiger partial charge in [-0.05, 0) is 36.2 Å². The Kier molecular flexibility index (Phi) is 6.11. The molecule has 1 amide bonds. The summed E-state index contributed by atoms with van der Waals surface area (Å²) >= 11 is 1.41. The van der Waals surface area contributed by atoms with Gasteiger partial charge in [0.2, 0.25) is 5.91 Å². The summed E-state index contributed by atoms with van der Waals surface area (Å²) in [5.74, 6) is 0.0541. The van der Waals surface area contributed by atoms with Gasteiger partial charge in [0.25, 0.3) is 0 Å². The molecule has 0 saturated carbocycles. The fourth-order valence-electron chi connectivity index (χ4n) is 3.27. The van der Waals surface area contributed by atoms with E-state index in [2.05, 4.69) is 34.2 Å². The number of aromatic nitrogens is 2. The lowest BCUT2D eigenvalue weighted by molar-refractivity contribution is -0.113. The molecule has 1 N–H and O–H groups in total. The first-order chi connectivity index (χ1) is 14.7. The number of aryl methyl sites for hydroxylation is 2. The number of rotatable bonds is 7. The molecule has 0 fully saturated rings. The minimum absolute atomic E-state index is 0.163. The van der Waals surface area contributed by atoms with Gasteiger partial charge in [-0.3, -0.25) is 4.79 Å². The predicted octanol–water partition coefficient (Wildman–Crippen LogP) is 4.88. The number of hydrogen-bond donors (Lipinski definition) is 1. The van der Waals surface area contributed by atoms with E-state index in [1.807, 2.05) is 36.4 Å². The number of anilines is 1. The lowest BCUT2D eigenvalue weighted by atomic mass is 10.1. The van der Waals surface area contributed by atoms with E-state index < -0.39 is 0 Å². The quantitative estimate of drug-likeness (QED) is 0.439. The first kappa shape index (κ1) is 19.7. The van der Waals surface area contributed by atoms with E-state index in [0.29, 0.717) is 11.3 Å². The third kappa shape index (κ3) is 4.53. The molecule has 1 aromatic heterocycles. The van der Waals surface area contributed by atoms with Crippen LogP contribution in [0.15, 0.2) is 84.0 Å². The third-order valence-electron chi connectivity index (χ3n) is 4.74. The van der Waals surface area contributed by atoms with E-state index in [1.165, 1.54) is 17.3 Å². The molecule has 0 saturated heterocycles. The number of amides is 1. The van der Waals surface area contributed by atoms with E-state index in [0.717, 1.165) is 29.2 Å². The maximum atomic E-state index is 12.5. The maximum absolute atomic E-state index is 12.5. The molecule has 4 aromatic rings. The summed E-state index contributed by atoms with van der Waals surface area (Å²) in [7, 11) is 0. The number of nitrogens with one attached hydrogen (secondary N) is 1. The van der Waals surface area contributed by atoms with Gasteiger partial charge >= 0.3 is 0 Å². The van der Waals surface area contributed by atoms with Crippen molar-refractivity contribution in [1.29, 1.82) is 5.26 Å². The normalized spacial score (nSPS) is 10.6. The lowest BCUT2D eigenvalue weighted by Gasteiger charge is -2.10. The molecule has 5 nitrogen and oxygen atoms in total. The van der Waals surface area contributed by atoms with Crippen LogP contribution in [0.4, 0.5) is 5.69 Å². The van der Waals surface area contributed by atoms with E-state index >= 15 is 0 Å². The van der Waals surface area contributed by atoms with Crippen molar-refractivity contribution in [2.45, 2.75) is 18.1 Å². The van der Waals surface area contributed by atoms with Crippen molar-refractivity contribution in [1.82, 2.24) is 9.55 Å². The monoisotopic (exact) mass is 412 g/mol. The minimum atomic E-state index is -0.163. The Labute approximate surface area is 179 Å². The van der Waals surface area contributed by atoms with Gasteiger partial charge in [-0.15, -0.1) is 0 Å². The van der Waals surface area contributed by atoms with Gasteiger partial charge < -0.3 is 9.88 Å². The zero-order chi connectivity index (χ0) is 20.8. The Bertz CT molecular complexity index is 1210. The zero-order valence-corrected chi connectivity index (χ0v) is 17.1. The second-order valence-electron chi connectivity index (χ2n) is 6.76. The summed E-state index contributed by atoms with van der Waals surface area (Å²) in [4.78, 5) is 17.2. The zero-order valence-electron chi connectivity index (χ0n) is 16.3. The number of benzene rings is 3. The molecule has 0 aliphatic heterocycles. The van der Waals surface area contributed by atoms with Crippen molar-refractivity contribution >= 4 is 34.4 Å². The molecule has 3 aromatic carbocycles. The molecule has 6 heteroatoms. The van der Waals surface area contributed by atoms with Crippen LogP contribution in [0.1, 0.15) is 11.1 Å². The number of thioether (sulfide) groups is 1. The second-order valence-corrected chi connectivity index (χ2v) is 7.71. The largest absolute Gasteiger partial charge is 0.324 e. The third-order valence-corrected chi connectivity index (χ3v) is 5.72. The first-order valence-corrected chi connectivity index (χ1v) is 10.6. The number of nitriles is 1. The van der Waals surface area contributed by atoms with Crippen LogP contribution in [0.2, 0.25) is 0 Å². The van der Waals surface area contributed by atoms with E-state index in [-0.39, 0.29) is 11.7 Å². The first-order valence-electron chi connectivity index (χ1n) is 9.65. The van der Waals surface area contributed by atoms with Crippen LogP contribution in [0.25, 0.3) is 11.0 Å². The number of imidazole rings is 1. The highest BCUT2D eigenvalue weighted by Crippen LogP contribution is 2.25. The Balaban J connectivity index is 1.49. The van der Waals surface area contributed by atoms with Crippen LogP contribution in [-0.2, 0) is 17.8 Å². The van der Waals surface area contributed by atoms with Crippen LogP contribution < -0.4 is 5.32 Å². The van der Waals surface area contributed by atoms with Gasteiger partial charge in [-0.1, -0.05) is 66.4 Å². The Morgan fingerprint density at radius 3 is 2.57 bits per heavy atom. The fraction of sp³-hybridized carbons (Fsp3) is 0.125. The van der Waals surface area contributed by atoms with Gasteiger partial charge in [0, 0.05) is 6.54 Å². The number of carbonyl (C=O) groups excluding carboxylic acids is 1. The van der Waals surface area contributed by atoms with Crippen LogP contribution in [0.3, 0.4) is 0 Å². The highest BCUT2D eigenvalue weighted by molar-refractivity contribution is 7.99. The summed E-state index contributed by atoms with van der Waals surface area (Å²) in [6, 6.07) is 27.4. The van der Waals surface area contributed by atoms with Crippen molar-refractivity contribution in [3.05, 3.63) is 90.0 Å². The van der Waals surface area contributed by atoms with E-state index in [9.17, 15) is 10.1 Å². The van der Waals surface area contributed by atoms with Gasteiger partial charge in [-0.2, -0.15) is 5.26 Å². The molecule has 30 heavy (non-hydrogen) atoms. The van der Waals surface area contributed by atoms with Crippen molar-refractivity contribution in [2.24, 2.45) is 0 Å². The average Bonchev–Trinajstić information content (AvgIpc) is 3.15. The summed E-state index contributed by atoms with van der Waals surface area (Å²) < 4.78 is 2.17. The van der Waals surface area contributed by atoms with Crippen LogP contribution in [-0.4, -0.2) is 21.2 Å². The number of para-hydroxylation sites is 3. The fourth-order valence-corrected chi connectivity index (χ4v) is 4.11. The van der Waals surface area contributed by atoms with Crippen molar-refractivity contribution in [3.8, 4) is 6.07 Å². The van der Waals surface area contributed by atoms with Gasteiger partial charge in [0.1, 0.15) is 6.07 Å². The Hall–Kier alpha value is -3.56. The molecule has 0 atom stereocenters. The molecule has 0 aliphatic rings. The predicted molar refractivity (Wildman–Crippen MR) is 120 cm³/mol. The molecule has 0 spiro atoms. The molecule has 1 heterocycles. The van der Waals surface area contributed by atoms with Crippen LogP contribution in [0, 0.1) is 11.3 Å². The van der Waals surface area contributed by atoms with E-state index in [4.69, 9.17) is 4.98 Å². The SMILES string of the molecule is N#Cc1ccccc1NC(=O)CSc1nc2ccccc2n1CCc1ccccc1.